The highest BCUT2D eigenvalue weighted by Gasteiger charge is 2.36. The molecule has 4 rings (SSSR count). The number of ether oxygens (including phenoxy) is 3. The summed E-state index contributed by atoms with van der Waals surface area (Å²) >= 11 is 0. The Labute approximate surface area is 170 Å². The highest BCUT2D eigenvalue weighted by molar-refractivity contribution is 5.97. The lowest BCUT2D eigenvalue weighted by Gasteiger charge is -2.37. The van der Waals surface area contributed by atoms with Crippen molar-refractivity contribution in [2.24, 2.45) is 0 Å². The first-order chi connectivity index (χ1) is 14.2. The van der Waals surface area contributed by atoms with Gasteiger partial charge in [0.1, 0.15) is 11.5 Å². The predicted octanol–water partition coefficient (Wildman–Crippen LogP) is 2.83. The van der Waals surface area contributed by atoms with Crippen molar-refractivity contribution in [1.82, 2.24) is 15.0 Å². The molecule has 1 aromatic carbocycles. The highest BCUT2D eigenvalue weighted by Crippen LogP contribution is 2.31. The molecular weight excluding hydrogens is 374 g/mol. The number of amides is 1. The maximum atomic E-state index is 12.8. The third-order valence-corrected chi connectivity index (χ3v) is 5.62. The Morgan fingerprint density at radius 3 is 2.72 bits per heavy atom. The van der Waals surface area contributed by atoms with Crippen molar-refractivity contribution in [1.29, 1.82) is 0 Å². The van der Waals surface area contributed by atoms with Crippen LogP contribution < -0.4 is 9.47 Å². The van der Waals surface area contributed by atoms with Crippen molar-refractivity contribution in [3.63, 3.8) is 0 Å². The third kappa shape index (κ3) is 4.37. The summed E-state index contributed by atoms with van der Waals surface area (Å²) in [5, 5.41) is 4.05. The summed E-state index contributed by atoms with van der Waals surface area (Å²) in [6, 6.07) is 5.19. The van der Waals surface area contributed by atoms with Crippen molar-refractivity contribution < 1.29 is 23.5 Å². The van der Waals surface area contributed by atoms with E-state index in [1.165, 1.54) is 12.8 Å². The van der Waals surface area contributed by atoms with E-state index in [1.54, 1.807) is 37.3 Å². The van der Waals surface area contributed by atoms with Gasteiger partial charge in [0.2, 0.25) is 5.89 Å². The monoisotopic (exact) mass is 401 g/mol. The van der Waals surface area contributed by atoms with Gasteiger partial charge in [0, 0.05) is 25.6 Å². The van der Waals surface area contributed by atoms with Crippen LogP contribution in [0, 0.1) is 0 Å². The average molecular weight is 401 g/mol. The second kappa shape index (κ2) is 8.82. The van der Waals surface area contributed by atoms with Crippen LogP contribution in [0.4, 0.5) is 0 Å². The molecule has 0 N–H and O–H groups in total. The fourth-order valence-electron chi connectivity index (χ4n) is 3.85. The van der Waals surface area contributed by atoms with Gasteiger partial charge in [0.15, 0.2) is 5.82 Å². The van der Waals surface area contributed by atoms with E-state index in [-0.39, 0.29) is 11.8 Å². The average Bonchev–Trinajstić information content (AvgIpc) is 3.39. The van der Waals surface area contributed by atoms with E-state index < -0.39 is 0 Å². The van der Waals surface area contributed by atoms with Crippen LogP contribution in [0.25, 0.3) is 0 Å². The van der Waals surface area contributed by atoms with Crippen LogP contribution in [-0.4, -0.2) is 61.0 Å². The van der Waals surface area contributed by atoms with Gasteiger partial charge in [-0.1, -0.05) is 18.0 Å². The molecule has 2 fully saturated rings. The van der Waals surface area contributed by atoms with Crippen molar-refractivity contribution in [3.8, 4) is 11.5 Å². The van der Waals surface area contributed by atoms with Gasteiger partial charge in [0.25, 0.3) is 5.91 Å². The molecule has 0 radical (unpaired) electrons. The summed E-state index contributed by atoms with van der Waals surface area (Å²) in [6.07, 6.45) is 5.87. The minimum atomic E-state index is -0.0783. The molecule has 0 bridgehead atoms. The third-order valence-electron chi connectivity index (χ3n) is 5.62. The van der Waals surface area contributed by atoms with Crippen molar-refractivity contribution >= 4 is 5.91 Å². The molecule has 0 spiro atoms. The fourth-order valence-corrected chi connectivity index (χ4v) is 3.85. The molecule has 1 amide bonds. The normalized spacial score (nSPS) is 17.4. The first-order valence-electron chi connectivity index (χ1n) is 10.1. The number of aromatic nitrogens is 2. The van der Waals surface area contributed by atoms with E-state index in [4.69, 9.17) is 18.7 Å². The largest absolute Gasteiger partial charge is 0.497 e. The van der Waals surface area contributed by atoms with Gasteiger partial charge in [-0.3, -0.25) is 4.79 Å². The molecule has 1 aliphatic carbocycles. The van der Waals surface area contributed by atoms with E-state index in [0.717, 1.165) is 12.8 Å². The Hall–Kier alpha value is -2.61. The number of carbonyl (C=O) groups excluding carboxylic acids is 1. The van der Waals surface area contributed by atoms with Crippen molar-refractivity contribution in [2.75, 3.05) is 33.9 Å². The lowest BCUT2D eigenvalue weighted by Crippen LogP contribution is -2.48. The minimum Gasteiger partial charge on any atom is -0.497 e. The first kappa shape index (κ1) is 19.7. The summed E-state index contributed by atoms with van der Waals surface area (Å²) in [6.45, 7) is 1.72. The molecule has 8 nitrogen and oxygen atoms in total. The lowest BCUT2D eigenvalue weighted by atomic mass is 9.98. The van der Waals surface area contributed by atoms with Crippen LogP contribution in [0.5, 0.6) is 11.5 Å². The summed E-state index contributed by atoms with van der Waals surface area (Å²) in [4.78, 5) is 19.0. The number of carbonyl (C=O) groups is 1. The van der Waals surface area contributed by atoms with E-state index in [0.29, 0.717) is 61.0 Å². The standard InChI is InChI=1S/C21H27N3O5/c1-26-16-7-8-17(18(11-16)27-2)21(25)24-12-14(13-24)20-22-19(23-29-20)9-10-28-15-5-3-4-6-15/h7-8,11,14-15H,3-6,9-10,12-13H2,1-2H3. The summed E-state index contributed by atoms with van der Waals surface area (Å²) in [5.41, 5.74) is 0.516. The van der Waals surface area contributed by atoms with E-state index >= 15 is 0 Å². The maximum Gasteiger partial charge on any atom is 0.257 e. The SMILES string of the molecule is COc1ccc(C(=O)N2CC(c3nc(CCOC4CCCC4)no3)C2)c(OC)c1. The Morgan fingerprint density at radius 2 is 2.00 bits per heavy atom. The second-order valence-electron chi connectivity index (χ2n) is 7.55. The van der Waals surface area contributed by atoms with E-state index in [1.807, 2.05) is 0 Å². The summed E-state index contributed by atoms with van der Waals surface area (Å²) < 4.78 is 21.8. The van der Waals surface area contributed by atoms with Crippen LogP contribution in [0.15, 0.2) is 22.7 Å². The van der Waals surface area contributed by atoms with Crippen LogP contribution in [0.3, 0.4) is 0 Å². The Kier molecular flexibility index (Phi) is 5.99. The number of benzene rings is 1. The quantitative estimate of drug-likeness (QED) is 0.672. The van der Waals surface area contributed by atoms with Gasteiger partial charge >= 0.3 is 0 Å². The lowest BCUT2D eigenvalue weighted by molar-refractivity contribution is 0.0565. The van der Waals surface area contributed by atoms with Crippen LogP contribution in [0.1, 0.15) is 53.7 Å². The molecule has 0 unspecified atom stereocenters. The van der Waals surface area contributed by atoms with Crippen molar-refractivity contribution in [2.45, 2.75) is 44.1 Å². The summed E-state index contributed by atoms with van der Waals surface area (Å²) in [5.74, 6) is 2.40. The van der Waals surface area contributed by atoms with Crippen LogP contribution >= 0.6 is 0 Å². The van der Waals surface area contributed by atoms with Crippen molar-refractivity contribution in [3.05, 3.63) is 35.5 Å². The first-order valence-corrected chi connectivity index (χ1v) is 10.1. The zero-order valence-electron chi connectivity index (χ0n) is 16.9. The molecule has 156 valence electrons. The van der Waals surface area contributed by atoms with E-state index in [9.17, 15) is 4.79 Å². The molecule has 2 heterocycles. The highest BCUT2D eigenvalue weighted by atomic mass is 16.5. The van der Waals surface area contributed by atoms with Crippen LogP contribution in [-0.2, 0) is 11.2 Å². The van der Waals surface area contributed by atoms with Gasteiger partial charge < -0.3 is 23.6 Å². The molecule has 1 saturated carbocycles. The van der Waals surface area contributed by atoms with Crippen LogP contribution in [0.2, 0.25) is 0 Å². The number of rotatable bonds is 8. The Bertz CT molecular complexity index is 841. The number of hydrogen-bond donors (Lipinski definition) is 0. The minimum absolute atomic E-state index is 0.0696. The molecule has 1 aromatic heterocycles. The summed E-state index contributed by atoms with van der Waals surface area (Å²) in [7, 11) is 3.12. The topological polar surface area (TPSA) is 86.9 Å². The molecule has 1 saturated heterocycles. The molecular formula is C21H27N3O5. The number of methoxy groups -OCH3 is 2. The number of hydrogen-bond acceptors (Lipinski definition) is 7. The molecule has 2 aromatic rings. The molecule has 1 aliphatic heterocycles. The van der Waals surface area contributed by atoms with Gasteiger partial charge in [0.05, 0.1) is 38.4 Å². The zero-order valence-corrected chi connectivity index (χ0v) is 16.9. The predicted molar refractivity (Wildman–Crippen MR) is 104 cm³/mol. The Balaban J connectivity index is 1.28. The van der Waals surface area contributed by atoms with E-state index in [2.05, 4.69) is 10.1 Å². The zero-order chi connectivity index (χ0) is 20.2. The second-order valence-corrected chi connectivity index (χ2v) is 7.55. The Morgan fingerprint density at radius 1 is 1.21 bits per heavy atom. The number of nitrogens with zero attached hydrogens (tertiary/aromatic N) is 3. The molecule has 8 heteroatoms. The molecule has 2 aliphatic rings. The van der Waals surface area contributed by atoms with Gasteiger partial charge in [-0.15, -0.1) is 0 Å². The molecule has 29 heavy (non-hydrogen) atoms. The smallest absolute Gasteiger partial charge is 0.257 e. The number of likely N-dealkylation sites (tertiary alicyclic amines) is 1. The fraction of sp³-hybridized carbons (Fsp3) is 0.571. The van der Waals surface area contributed by atoms with Gasteiger partial charge in [-0.25, -0.2) is 0 Å². The molecule has 0 atom stereocenters. The van der Waals surface area contributed by atoms with Gasteiger partial charge in [-0.2, -0.15) is 4.98 Å². The maximum absolute atomic E-state index is 12.8. The van der Waals surface area contributed by atoms with Gasteiger partial charge in [-0.05, 0) is 25.0 Å².